The zero-order chi connectivity index (χ0) is 20.9. The summed E-state index contributed by atoms with van der Waals surface area (Å²) in [6.45, 7) is 6.55. The Balaban J connectivity index is 1.32. The fourth-order valence-corrected chi connectivity index (χ4v) is 5.00. The molecule has 2 saturated heterocycles. The van der Waals surface area contributed by atoms with E-state index < -0.39 is 0 Å². The highest BCUT2D eigenvalue weighted by Crippen LogP contribution is 2.26. The van der Waals surface area contributed by atoms with Gasteiger partial charge in [-0.05, 0) is 37.5 Å². The summed E-state index contributed by atoms with van der Waals surface area (Å²) < 4.78 is 19.4. The fraction of sp³-hybridized carbons (Fsp3) is 0.545. The number of guanidine groups is 1. The second-order valence-electron chi connectivity index (χ2n) is 7.93. The molecule has 2 aromatic rings. The molecule has 1 aromatic carbocycles. The average Bonchev–Trinajstić information content (AvgIpc) is 3.43. The molecular weight excluding hydrogens is 401 g/mol. The topological polar surface area (TPSA) is 53.0 Å². The third-order valence-electron chi connectivity index (χ3n) is 5.59. The van der Waals surface area contributed by atoms with Crippen molar-refractivity contribution in [3.05, 3.63) is 46.7 Å². The second-order valence-corrected chi connectivity index (χ2v) is 8.77. The Bertz CT molecular complexity index is 849. The largest absolute Gasteiger partial charge is 0.367 e. The lowest BCUT2D eigenvalue weighted by Crippen LogP contribution is -2.51. The SMILES string of the molecule is CN=C(NCCc1csc(N2CCCC2)n1)N1CC(C)OC(c2ccc(F)cc2)C1. The van der Waals surface area contributed by atoms with Crippen molar-refractivity contribution < 1.29 is 9.13 Å². The van der Waals surface area contributed by atoms with Crippen LogP contribution < -0.4 is 10.2 Å². The smallest absolute Gasteiger partial charge is 0.193 e. The van der Waals surface area contributed by atoms with Crippen LogP contribution in [0.3, 0.4) is 0 Å². The molecule has 2 fully saturated rings. The molecule has 0 bridgehead atoms. The van der Waals surface area contributed by atoms with E-state index in [9.17, 15) is 4.39 Å². The van der Waals surface area contributed by atoms with Gasteiger partial charge >= 0.3 is 0 Å². The number of rotatable bonds is 5. The van der Waals surface area contributed by atoms with Crippen molar-refractivity contribution in [2.75, 3.05) is 44.7 Å². The Kier molecular flexibility index (Phi) is 6.84. The lowest BCUT2D eigenvalue weighted by molar-refractivity contribution is -0.0604. The van der Waals surface area contributed by atoms with Crippen molar-refractivity contribution in [3.8, 4) is 0 Å². The molecule has 3 heterocycles. The van der Waals surface area contributed by atoms with E-state index in [1.54, 1.807) is 23.5 Å². The molecule has 162 valence electrons. The predicted octanol–water partition coefficient (Wildman–Crippen LogP) is 3.46. The van der Waals surface area contributed by atoms with Gasteiger partial charge in [0.2, 0.25) is 0 Å². The van der Waals surface area contributed by atoms with Crippen molar-refractivity contribution >= 4 is 22.4 Å². The summed E-state index contributed by atoms with van der Waals surface area (Å²) in [4.78, 5) is 13.9. The summed E-state index contributed by atoms with van der Waals surface area (Å²) in [5, 5.41) is 6.79. The predicted molar refractivity (Wildman–Crippen MR) is 120 cm³/mol. The van der Waals surface area contributed by atoms with Crippen LogP contribution in [0.4, 0.5) is 9.52 Å². The van der Waals surface area contributed by atoms with Crippen molar-refractivity contribution in [1.29, 1.82) is 0 Å². The van der Waals surface area contributed by atoms with E-state index in [1.807, 2.05) is 7.05 Å². The number of thiazole rings is 1. The van der Waals surface area contributed by atoms with Gasteiger partial charge in [-0.3, -0.25) is 4.99 Å². The monoisotopic (exact) mass is 431 g/mol. The molecule has 6 nitrogen and oxygen atoms in total. The minimum absolute atomic E-state index is 0.0638. The highest BCUT2D eigenvalue weighted by molar-refractivity contribution is 7.13. The fourth-order valence-electron chi connectivity index (χ4n) is 4.09. The molecule has 1 aromatic heterocycles. The quantitative estimate of drug-likeness (QED) is 0.580. The van der Waals surface area contributed by atoms with Gasteiger partial charge in [0.05, 0.1) is 18.3 Å². The van der Waals surface area contributed by atoms with Gasteiger partial charge in [0.25, 0.3) is 0 Å². The van der Waals surface area contributed by atoms with Crippen molar-refractivity contribution in [2.45, 2.75) is 38.4 Å². The maximum Gasteiger partial charge on any atom is 0.193 e. The number of aliphatic imine (C=N–C) groups is 1. The van der Waals surface area contributed by atoms with Crippen LogP contribution in [0.25, 0.3) is 0 Å². The lowest BCUT2D eigenvalue weighted by Gasteiger charge is -2.38. The first-order valence-corrected chi connectivity index (χ1v) is 11.6. The first-order chi connectivity index (χ1) is 14.6. The minimum atomic E-state index is -0.230. The first kappa shape index (κ1) is 21.1. The molecule has 0 radical (unpaired) electrons. The molecule has 30 heavy (non-hydrogen) atoms. The van der Waals surface area contributed by atoms with E-state index in [-0.39, 0.29) is 18.0 Å². The molecule has 0 amide bonds. The summed E-state index contributed by atoms with van der Waals surface area (Å²) in [6, 6.07) is 6.57. The van der Waals surface area contributed by atoms with Crippen molar-refractivity contribution in [2.24, 2.45) is 4.99 Å². The Morgan fingerprint density at radius 2 is 2.03 bits per heavy atom. The molecule has 1 N–H and O–H groups in total. The van der Waals surface area contributed by atoms with Crippen LogP contribution in [0.5, 0.6) is 0 Å². The summed E-state index contributed by atoms with van der Waals surface area (Å²) in [6.07, 6.45) is 3.36. The molecule has 2 aliphatic rings. The zero-order valence-electron chi connectivity index (χ0n) is 17.7. The molecule has 0 aliphatic carbocycles. The standard InChI is InChI=1S/C22H30FN5OS/c1-16-13-28(14-20(29-16)17-5-7-18(23)8-6-17)21(24-2)25-10-9-19-15-30-22(26-19)27-11-3-4-12-27/h5-8,15-16,20H,3-4,9-14H2,1-2H3,(H,24,25). The van der Waals surface area contributed by atoms with Gasteiger partial charge in [0, 0.05) is 45.0 Å². The van der Waals surface area contributed by atoms with Gasteiger partial charge in [-0.2, -0.15) is 0 Å². The highest BCUT2D eigenvalue weighted by atomic mass is 32.1. The molecule has 2 unspecified atom stereocenters. The van der Waals surface area contributed by atoms with Crippen LogP contribution in [-0.2, 0) is 11.2 Å². The number of benzene rings is 1. The highest BCUT2D eigenvalue weighted by Gasteiger charge is 2.28. The maximum absolute atomic E-state index is 13.3. The van der Waals surface area contributed by atoms with E-state index in [1.165, 1.54) is 25.0 Å². The number of anilines is 1. The minimum Gasteiger partial charge on any atom is -0.367 e. The summed E-state index contributed by atoms with van der Waals surface area (Å²) >= 11 is 1.74. The van der Waals surface area contributed by atoms with E-state index >= 15 is 0 Å². The molecule has 8 heteroatoms. The van der Waals surface area contributed by atoms with Gasteiger partial charge in [0.15, 0.2) is 11.1 Å². The van der Waals surface area contributed by atoms with Crippen molar-refractivity contribution in [1.82, 2.24) is 15.2 Å². The Labute approximate surface area is 181 Å². The summed E-state index contributed by atoms with van der Waals surface area (Å²) in [5.74, 6) is 0.638. The number of nitrogens with one attached hydrogen (secondary N) is 1. The Morgan fingerprint density at radius 3 is 2.77 bits per heavy atom. The maximum atomic E-state index is 13.3. The van der Waals surface area contributed by atoms with Crippen molar-refractivity contribution in [3.63, 3.8) is 0 Å². The Hall–Kier alpha value is -2.19. The van der Waals surface area contributed by atoms with E-state index in [0.717, 1.165) is 54.9 Å². The molecule has 2 atom stereocenters. The van der Waals surface area contributed by atoms with Crippen LogP contribution in [0.15, 0.2) is 34.6 Å². The van der Waals surface area contributed by atoms with Crippen LogP contribution in [0.1, 0.15) is 37.1 Å². The number of morpholine rings is 1. The van der Waals surface area contributed by atoms with Gasteiger partial charge in [-0.1, -0.05) is 12.1 Å². The lowest BCUT2D eigenvalue weighted by atomic mass is 10.1. The molecule has 0 spiro atoms. The molecule has 0 saturated carbocycles. The third-order valence-corrected chi connectivity index (χ3v) is 6.54. The first-order valence-electron chi connectivity index (χ1n) is 10.7. The van der Waals surface area contributed by atoms with Gasteiger partial charge in [-0.15, -0.1) is 11.3 Å². The number of hydrogen-bond donors (Lipinski definition) is 1. The van der Waals surface area contributed by atoms with E-state index in [2.05, 4.69) is 32.4 Å². The van der Waals surface area contributed by atoms with Gasteiger partial charge in [0.1, 0.15) is 11.9 Å². The van der Waals surface area contributed by atoms with Crippen LogP contribution in [0.2, 0.25) is 0 Å². The van der Waals surface area contributed by atoms with E-state index in [4.69, 9.17) is 9.72 Å². The molecule has 2 aliphatic heterocycles. The Morgan fingerprint density at radius 1 is 1.27 bits per heavy atom. The number of halogens is 1. The molecule has 4 rings (SSSR count). The van der Waals surface area contributed by atoms with Crippen LogP contribution >= 0.6 is 11.3 Å². The van der Waals surface area contributed by atoms with Crippen LogP contribution in [0, 0.1) is 5.82 Å². The zero-order valence-corrected chi connectivity index (χ0v) is 18.5. The van der Waals surface area contributed by atoms with Gasteiger partial charge in [-0.25, -0.2) is 9.37 Å². The van der Waals surface area contributed by atoms with Gasteiger partial charge < -0.3 is 19.9 Å². The summed E-state index contributed by atoms with van der Waals surface area (Å²) in [7, 11) is 1.81. The average molecular weight is 432 g/mol. The van der Waals surface area contributed by atoms with E-state index in [0.29, 0.717) is 6.54 Å². The molecular formula is C22H30FN5OS. The normalized spacial score (nSPS) is 22.6. The van der Waals surface area contributed by atoms with Crippen LogP contribution in [-0.4, -0.2) is 61.7 Å². The number of hydrogen-bond acceptors (Lipinski definition) is 5. The summed E-state index contributed by atoms with van der Waals surface area (Å²) in [5.41, 5.74) is 2.12. The number of ether oxygens (including phenoxy) is 1. The second kappa shape index (κ2) is 9.75. The number of nitrogens with zero attached hydrogens (tertiary/aromatic N) is 4. The number of aromatic nitrogens is 1. The third kappa shape index (κ3) is 5.10.